The Morgan fingerprint density at radius 3 is 2.58 bits per heavy atom. The maximum Gasteiger partial charge on any atom is 0.419 e. The number of aromatic nitrogens is 1. The lowest BCUT2D eigenvalue weighted by Gasteiger charge is -2.19. The van der Waals surface area contributed by atoms with Crippen LogP contribution < -0.4 is 0 Å². The topological polar surface area (TPSA) is 101 Å². The molecule has 0 aliphatic rings. The fraction of sp³-hybridized carbons (Fsp3) is 0.333. The minimum absolute atomic E-state index is 0.120. The van der Waals surface area contributed by atoms with Crippen molar-refractivity contribution in [2.24, 2.45) is 0 Å². The highest BCUT2D eigenvalue weighted by molar-refractivity contribution is 5.99. The van der Waals surface area contributed by atoms with Gasteiger partial charge in [-0.05, 0) is 39.8 Å². The lowest BCUT2D eigenvalue weighted by molar-refractivity contribution is -0.384. The van der Waals surface area contributed by atoms with E-state index in [4.69, 9.17) is 9.47 Å². The molecule has 0 spiro atoms. The molecular weight excluding hydrogens is 340 g/mol. The van der Waals surface area contributed by atoms with Crippen LogP contribution >= 0.6 is 0 Å². The van der Waals surface area contributed by atoms with E-state index in [0.29, 0.717) is 16.5 Å². The van der Waals surface area contributed by atoms with Gasteiger partial charge in [0.1, 0.15) is 5.60 Å². The Kier molecular flexibility index (Phi) is 5.44. The van der Waals surface area contributed by atoms with Crippen molar-refractivity contribution < 1.29 is 24.0 Å². The first-order chi connectivity index (χ1) is 12.1. The monoisotopic (exact) mass is 360 g/mol. The van der Waals surface area contributed by atoms with E-state index in [2.05, 4.69) is 0 Å². The number of esters is 1. The van der Waals surface area contributed by atoms with Gasteiger partial charge in [0.15, 0.2) is 0 Å². The van der Waals surface area contributed by atoms with Crippen molar-refractivity contribution in [1.29, 1.82) is 0 Å². The van der Waals surface area contributed by atoms with E-state index in [9.17, 15) is 19.7 Å². The first kappa shape index (κ1) is 19.2. The van der Waals surface area contributed by atoms with Gasteiger partial charge in [0.05, 0.1) is 17.0 Å². The number of ether oxygens (including phenoxy) is 2. The predicted octanol–water partition coefficient (Wildman–Crippen LogP) is 3.91. The number of non-ortho nitro benzene ring substituents is 1. The van der Waals surface area contributed by atoms with Gasteiger partial charge >= 0.3 is 12.1 Å². The fourth-order valence-corrected chi connectivity index (χ4v) is 2.30. The molecule has 0 amide bonds. The van der Waals surface area contributed by atoms with Crippen LogP contribution in [0.3, 0.4) is 0 Å². The third-order valence-electron chi connectivity index (χ3n) is 3.31. The zero-order valence-electron chi connectivity index (χ0n) is 15.0. The molecule has 0 fully saturated rings. The molecule has 0 radical (unpaired) electrons. The maximum atomic E-state index is 12.4. The SMILES string of the molecule is CCOC(=O)C=Cc1cn(C(=O)OC(C)(C)C)c2ccc([N+](=O)[O-])cc12. The third-order valence-corrected chi connectivity index (χ3v) is 3.31. The van der Waals surface area contributed by atoms with Gasteiger partial charge in [-0.1, -0.05) is 0 Å². The Hall–Kier alpha value is -3.16. The second kappa shape index (κ2) is 7.38. The summed E-state index contributed by atoms with van der Waals surface area (Å²) in [7, 11) is 0. The zero-order valence-corrected chi connectivity index (χ0v) is 15.0. The van der Waals surface area contributed by atoms with E-state index in [1.54, 1.807) is 27.7 Å². The van der Waals surface area contributed by atoms with Gasteiger partial charge in [0.25, 0.3) is 5.69 Å². The van der Waals surface area contributed by atoms with Crippen LogP contribution in [0.5, 0.6) is 0 Å². The summed E-state index contributed by atoms with van der Waals surface area (Å²) in [5.74, 6) is -0.545. The summed E-state index contributed by atoms with van der Waals surface area (Å²) in [6.45, 7) is 7.13. The van der Waals surface area contributed by atoms with Crippen molar-refractivity contribution in [3.05, 3.63) is 46.1 Å². The van der Waals surface area contributed by atoms with Crippen LogP contribution in [0.25, 0.3) is 17.0 Å². The molecular formula is C18H20N2O6. The van der Waals surface area contributed by atoms with Gasteiger partial charge in [0, 0.05) is 35.4 Å². The van der Waals surface area contributed by atoms with Crippen molar-refractivity contribution in [2.75, 3.05) is 6.61 Å². The Bertz CT molecular complexity index is 889. The van der Waals surface area contributed by atoms with Crippen molar-refractivity contribution in [2.45, 2.75) is 33.3 Å². The molecule has 2 rings (SSSR count). The van der Waals surface area contributed by atoms with Gasteiger partial charge < -0.3 is 9.47 Å². The number of nitro benzene ring substituents is 1. The summed E-state index contributed by atoms with van der Waals surface area (Å²) in [5.41, 5.74) is 0.0799. The Morgan fingerprint density at radius 1 is 1.31 bits per heavy atom. The van der Waals surface area contributed by atoms with Crippen LogP contribution in [0.15, 0.2) is 30.5 Å². The minimum atomic E-state index is -0.699. The summed E-state index contributed by atoms with van der Waals surface area (Å²) in [5, 5.41) is 11.5. The first-order valence-corrected chi connectivity index (χ1v) is 8.00. The number of benzene rings is 1. The number of rotatable bonds is 4. The van der Waals surface area contributed by atoms with Gasteiger partial charge in [-0.25, -0.2) is 9.59 Å². The Balaban J connectivity index is 2.55. The second-order valence-corrected chi connectivity index (χ2v) is 6.48. The van der Waals surface area contributed by atoms with Crippen LogP contribution in [0.2, 0.25) is 0 Å². The van der Waals surface area contributed by atoms with Crippen LogP contribution in [0, 0.1) is 10.1 Å². The molecule has 8 heteroatoms. The van der Waals surface area contributed by atoms with Gasteiger partial charge in [0.2, 0.25) is 0 Å². The standard InChI is InChI=1S/C18H20N2O6/c1-5-25-16(21)9-6-12-11-19(17(22)26-18(2,3)4)15-8-7-13(20(23)24)10-14(12)15/h6-11H,5H2,1-4H3. The Labute approximate surface area is 150 Å². The molecule has 0 aliphatic heterocycles. The summed E-state index contributed by atoms with van der Waals surface area (Å²) < 4.78 is 11.4. The van der Waals surface area contributed by atoms with E-state index in [1.807, 2.05) is 0 Å². The number of carbonyl (C=O) groups is 2. The molecule has 1 aromatic heterocycles. The van der Waals surface area contributed by atoms with E-state index in [0.717, 1.165) is 0 Å². The lowest BCUT2D eigenvalue weighted by Crippen LogP contribution is -2.26. The fourth-order valence-electron chi connectivity index (χ4n) is 2.30. The highest BCUT2D eigenvalue weighted by Crippen LogP contribution is 2.28. The zero-order chi connectivity index (χ0) is 19.5. The Morgan fingerprint density at radius 2 is 2.00 bits per heavy atom. The molecule has 0 saturated heterocycles. The molecule has 0 bridgehead atoms. The molecule has 0 N–H and O–H groups in total. The smallest absolute Gasteiger partial charge is 0.419 e. The molecule has 138 valence electrons. The third kappa shape index (κ3) is 4.47. The van der Waals surface area contributed by atoms with E-state index >= 15 is 0 Å². The normalized spacial score (nSPS) is 11.7. The maximum absolute atomic E-state index is 12.4. The highest BCUT2D eigenvalue weighted by Gasteiger charge is 2.21. The molecule has 2 aromatic rings. The molecule has 26 heavy (non-hydrogen) atoms. The summed E-state index contributed by atoms with van der Waals surface area (Å²) in [6, 6.07) is 4.13. The van der Waals surface area contributed by atoms with Gasteiger partial charge in [-0.2, -0.15) is 0 Å². The number of carbonyl (C=O) groups excluding carboxylic acids is 2. The quantitative estimate of drug-likeness (QED) is 0.355. The summed E-state index contributed by atoms with van der Waals surface area (Å²) in [6.07, 6.45) is 3.51. The summed E-state index contributed by atoms with van der Waals surface area (Å²) in [4.78, 5) is 34.5. The number of nitro groups is 1. The van der Waals surface area contributed by atoms with Crippen molar-refractivity contribution >= 4 is 34.7 Å². The average molecular weight is 360 g/mol. The van der Waals surface area contributed by atoms with Crippen LogP contribution in [-0.4, -0.2) is 33.8 Å². The molecule has 0 saturated carbocycles. The lowest BCUT2D eigenvalue weighted by atomic mass is 10.1. The minimum Gasteiger partial charge on any atom is -0.463 e. The number of nitrogens with zero attached hydrogens (tertiary/aromatic N) is 2. The van der Waals surface area contributed by atoms with Gasteiger partial charge in [-0.3, -0.25) is 14.7 Å². The molecule has 1 heterocycles. The average Bonchev–Trinajstić information content (AvgIpc) is 2.89. The molecule has 1 aromatic carbocycles. The largest absolute Gasteiger partial charge is 0.463 e. The van der Waals surface area contributed by atoms with Crippen LogP contribution in [0.1, 0.15) is 33.3 Å². The molecule has 0 atom stereocenters. The number of hydrogen-bond acceptors (Lipinski definition) is 6. The molecule has 8 nitrogen and oxygen atoms in total. The van der Waals surface area contributed by atoms with Crippen molar-refractivity contribution in [1.82, 2.24) is 4.57 Å². The van der Waals surface area contributed by atoms with E-state index in [-0.39, 0.29) is 12.3 Å². The van der Waals surface area contributed by atoms with Crippen LogP contribution in [0.4, 0.5) is 10.5 Å². The molecule has 0 aliphatic carbocycles. The predicted molar refractivity (Wildman–Crippen MR) is 95.9 cm³/mol. The van der Waals surface area contributed by atoms with Crippen molar-refractivity contribution in [3.8, 4) is 0 Å². The van der Waals surface area contributed by atoms with E-state index < -0.39 is 22.6 Å². The number of hydrogen-bond donors (Lipinski definition) is 0. The molecule has 0 unspecified atom stereocenters. The van der Waals surface area contributed by atoms with E-state index in [1.165, 1.54) is 41.1 Å². The van der Waals surface area contributed by atoms with Gasteiger partial charge in [-0.15, -0.1) is 0 Å². The van der Waals surface area contributed by atoms with Crippen LogP contribution in [-0.2, 0) is 14.3 Å². The highest BCUT2D eigenvalue weighted by atomic mass is 16.6. The number of fused-ring (bicyclic) bond motifs is 1. The second-order valence-electron chi connectivity index (χ2n) is 6.48. The summed E-state index contributed by atoms with van der Waals surface area (Å²) >= 11 is 0. The van der Waals surface area contributed by atoms with Crippen molar-refractivity contribution in [3.63, 3.8) is 0 Å². The first-order valence-electron chi connectivity index (χ1n) is 8.00.